The molecule has 2 rings (SSSR count). The number of ether oxygens (including phenoxy) is 1. The number of aromatic nitrogens is 1. The summed E-state index contributed by atoms with van der Waals surface area (Å²) >= 11 is 0. The molecule has 0 spiro atoms. The fraction of sp³-hybridized carbons (Fsp3) is 0.200. The van der Waals surface area contributed by atoms with Gasteiger partial charge in [0.15, 0.2) is 5.89 Å². The summed E-state index contributed by atoms with van der Waals surface area (Å²) in [5.74, 6) is 0.847. The van der Waals surface area contributed by atoms with E-state index >= 15 is 0 Å². The van der Waals surface area contributed by atoms with Gasteiger partial charge >= 0.3 is 5.63 Å². The van der Waals surface area contributed by atoms with E-state index < -0.39 is 5.63 Å². The zero-order valence-corrected chi connectivity index (χ0v) is 7.90. The summed E-state index contributed by atoms with van der Waals surface area (Å²) in [6, 6.07) is 5.24. The average Bonchev–Trinajstić information content (AvgIpc) is 2.16. The third-order valence-electron chi connectivity index (χ3n) is 1.95. The molecule has 2 aromatic rings. The van der Waals surface area contributed by atoms with Crippen LogP contribution >= 0.6 is 0 Å². The van der Waals surface area contributed by atoms with Crippen LogP contribution in [0.15, 0.2) is 27.4 Å². The summed E-state index contributed by atoms with van der Waals surface area (Å²) in [4.78, 5) is 15.6. The standard InChI is InChI=1S/C10H9NO3/c1-6-11-7-4-3-5-8(13-2)9(7)10(12)14-6/h3-5H,1-2H3. The second kappa shape index (κ2) is 3.14. The highest BCUT2D eigenvalue weighted by Crippen LogP contribution is 2.20. The molecule has 0 unspecified atom stereocenters. The molecular formula is C10H9NO3. The average molecular weight is 191 g/mol. The number of fused-ring (bicyclic) bond motifs is 1. The van der Waals surface area contributed by atoms with Crippen molar-refractivity contribution in [3.8, 4) is 5.75 Å². The summed E-state index contributed by atoms with van der Waals surface area (Å²) in [6.45, 7) is 1.64. The van der Waals surface area contributed by atoms with E-state index in [1.54, 1.807) is 25.1 Å². The molecule has 0 bridgehead atoms. The Hall–Kier alpha value is -1.84. The van der Waals surface area contributed by atoms with Gasteiger partial charge in [0.25, 0.3) is 0 Å². The van der Waals surface area contributed by atoms with Crippen LogP contribution in [0.1, 0.15) is 5.89 Å². The van der Waals surface area contributed by atoms with Crippen LogP contribution in [-0.4, -0.2) is 12.1 Å². The largest absolute Gasteiger partial charge is 0.496 e. The van der Waals surface area contributed by atoms with Crippen molar-refractivity contribution >= 4 is 10.9 Å². The first kappa shape index (κ1) is 8.74. The number of methoxy groups -OCH3 is 1. The molecule has 1 aromatic carbocycles. The molecule has 0 atom stereocenters. The minimum atomic E-state index is -0.412. The van der Waals surface area contributed by atoms with E-state index in [-0.39, 0.29) is 0 Å². The van der Waals surface area contributed by atoms with Crippen molar-refractivity contribution in [3.63, 3.8) is 0 Å². The normalized spacial score (nSPS) is 10.4. The van der Waals surface area contributed by atoms with Gasteiger partial charge in [0.05, 0.1) is 12.6 Å². The van der Waals surface area contributed by atoms with Gasteiger partial charge in [-0.1, -0.05) is 6.07 Å². The molecule has 0 aliphatic heterocycles. The first-order valence-corrected chi connectivity index (χ1v) is 4.17. The zero-order valence-electron chi connectivity index (χ0n) is 7.90. The molecule has 4 nitrogen and oxygen atoms in total. The van der Waals surface area contributed by atoms with Gasteiger partial charge in [-0.05, 0) is 12.1 Å². The van der Waals surface area contributed by atoms with Gasteiger partial charge in [0.2, 0.25) is 0 Å². The second-order valence-electron chi connectivity index (χ2n) is 2.87. The molecule has 14 heavy (non-hydrogen) atoms. The number of rotatable bonds is 1. The van der Waals surface area contributed by atoms with Crippen LogP contribution in [0.4, 0.5) is 0 Å². The van der Waals surface area contributed by atoms with Crippen LogP contribution in [0.3, 0.4) is 0 Å². The maximum atomic E-state index is 11.5. The van der Waals surface area contributed by atoms with E-state index in [2.05, 4.69) is 4.98 Å². The maximum Gasteiger partial charge on any atom is 0.350 e. The summed E-state index contributed by atoms with van der Waals surface area (Å²) in [5.41, 5.74) is 0.183. The summed E-state index contributed by atoms with van der Waals surface area (Å²) in [5, 5.41) is 0.389. The number of nitrogens with zero attached hydrogens (tertiary/aromatic N) is 1. The minimum Gasteiger partial charge on any atom is -0.496 e. The van der Waals surface area contributed by atoms with Gasteiger partial charge in [-0.3, -0.25) is 0 Å². The Balaban J connectivity index is 2.94. The molecule has 0 aliphatic rings. The second-order valence-corrected chi connectivity index (χ2v) is 2.87. The molecule has 0 fully saturated rings. The summed E-state index contributed by atoms with van der Waals surface area (Å²) < 4.78 is 9.93. The van der Waals surface area contributed by atoms with Crippen LogP contribution < -0.4 is 10.4 Å². The molecular weight excluding hydrogens is 182 g/mol. The smallest absolute Gasteiger partial charge is 0.350 e. The highest BCUT2D eigenvalue weighted by Gasteiger charge is 2.08. The molecule has 1 heterocycles. The fourth-order valence-corrected chi connectivity index (χ4v) is 1.37. The third-order valence-corrected chi connectivity index (χ3v) is 1.95. The molecule has 0 saturated heterocycles. The predicted molar refractivity (Wildman–Crippen MR) is 51.6 cm³/mol. The molecule has 0 radical (unpaired) electrons. The van der Waals surface area contributed by atoms with E-state index in [9.17, 15) is 4.79 Å². The van der Waals surface area contributed by atoms with Gasteiger partial charge in [0, 0.05) is 6.92 Å². The Morgan fingerprint density at radius 1 is 1.43 bits per heavy atom. The Morgan fingerprint density at radius 3 is 2.93 bits per heavy atom. The summed E-state index contributed by atoms with van der Waals surface area (Å²) in [6.07, 6.45) is 0. The minimum absolute atomic E-state index is 0.357. The highest BCUT2D eigenvalue weighted by molar-refractivity contribution is 5.83. The van der Waals surface area contributed by atoms with E-state index in [0.29, 0.717) is 22.5 Å². The van der Waals surface area contributed by atoms with Crippen molar-refractivity contribution in [3.05, 3.63) is 34.5 Å². The van der Waals surface area contributed by atoms with E-state index in [1.807, 2.05) is 0 Å². The summed E-state index contributed by atoms with van der Waals surface area (Å²) in [7, 11) is 1.51. The van der Waals surface area contributed by atoms with Gasteiger partial charge in [-0.25, -0.2) is 9.78 Å². The van der Waals surface area contributed by atoms with E-state index in [4.69, 9.17) is 9.15 Å². The third kappa shape index (κ3) is 1.25. The van der Waals surface area contributed by atoms with Crippen LogP contribution in [0.5, 0.6) is 5.75 Å². The lowest BCUT2D eigenvalue weighted by Crippen LogP contribution is -2.04. The van der Waals surface area contributed by atoms with Crippen LogP contribution in [0.2, 0.25) is 0 Å². The Kier molecular flexibility index (Phi) is 1.96. The lowest BCUT2D eigenvalue weighted by Gasteiger charge is -2.02. The molecule has 0 aliphatic carbocycles. The van der Waals surface area contributed by atoms with Gasteiger partial charge in [0.1, 0.15) is 11.1 Å². The first-order valence-electron chi connectivity index (χ1n) is 4.17. The highest BCUT2D eigenvalue weighted by atomic mass is 16.5. The maximum absolute atomic E-state index is 11.5. The van der Waals surface area contributed by atoms with E-state index in [0.717, 1.165) is 0 Å². The Bertz CT molecular complexity index is 530. The SMILES string of the molecule is COc1cccc2nc(C)oc(=O)c12. The number of benzene rings is 1. The van der Waals surface area contributed by atoms with Crippen LogP contribution in [-0.2, 0) is 0 Å². The van der Waals surface area contributed by atoms with Crippen molar-refractivity contribution < 1.29 is 9.15 Å². The zero-order chi connectivity index (χ0) is 10.1. The van der Waals surface area contributed by atoms with Crippen molar-refractivity contribution in [2.75, 3.05) is 7.11 Å². The lowest BCUT2D eigenvalue weighted by atomic mass is 10.2. The van der Waals surface area contributed by atoms with Crippen molar-refractivity contribution in [2.24, 2.45) is 0 Å². The van der Waals surface area contributed by atoms with E-state index in [1.165, 1.54) is 7.11 Å². The van der Waals surface area contributed by atoms with Crippen molar-refractivity contribution in [1.82, 2.24) is 4.98 Å². The van der Waals surface area contributed by atoms with Gasteiger partial charge < -0.3 is 9.15 Å². The molecule has 0 N–H and O–H groups in total. The van der Waals surface area contributed by atoms with Crippen LogP contribution in [0, 0.1) is 6.92 Å². The lowest BCUT2D eigenvalue weighted by molar-refractivity contribution is 0.414. The molecule has 0 saturated carbocycles. The van der Waals surface area contributed by atoms with Gasteiger partial charge in [-0.2, -0.15) is 0 Å². The number of hydrogen-bond donors (Lipinski definition) is 0. The number of hydrogen-bond acceptors (Lipinski definition) is 4. The predicted octanol–water partition coefficient (Wildman–Crippen LogP) is 1.51. The Morgan fingerprint density at radius 2 is 2.21 bits per heavy atom. The monoisotopic (exact) mass is 191 g/mol. The molecule has 1 aromatic heterocycles. The quantitative estimate of drug-likeness (QED) is 0.685. The van der Waals surface area contributed by atoms with Crippen molar-refractivity contribution in [2.45, 2.75) is 6.92 Å². The van der Waals surface area contributed by atoms with Crippen LogP contribution in [0.25, 0.3) is 10.9 Å². The molecule has 4 heteroatoms. The Labute approximate surface area is 80.1 Å². The topological polar surface area (TPSA) is 52.3 Å². The first-order chi connectivity index (χ1) is 6.72. The van der Waals surface area contributed by atoms with Crippen molar-refractivity contribution in [1.29, 1.82) is 0 Å². The molecule has 72 valence electrons. The van der Waals surface area contributed by atoms with Gasteiger partial charge in [-0.15, -0.1) is 0 Å². The number of aryl methyl sites for hydroxylation is 1. The fourth-order valence-electron chi connectivity index (χ4n) is 1.37. The molecule has 0 amide bonds.